The Morgan fingerprint density at radius 3 is 1.17 bits per heavy atom. The minimum Gasteiger partial charge on any atom is -0.463 e. The highest BCUT2D eigenvalue weighted by Gasteiger charge is 2.60. The van der Waals surface area contributed by atoms with E-state index in [9.17, 15) is 38.4 Å². The van der Waals surface area contributed by atoms with Crippen LogP contribution in [0.25, 0.3) is 0 Å². The molecule has 3 aliphatic heterocycles. The van der Waals surface area contributed by atoms with Crippen molar-refractivity contribution in [2.24, 2.45) is 0 Å². The van der Waals surface area contributed by atoms with Crippen molar-refractivity contribution in [2.75, 3.05) is 13.2 Å². The fourth-order valence-electron chi connectivity index (χ4n) is 8.64. The zero-order valence-corrected chi connectivity index (χ0v) is 45.9. The number of carbonyl (C=O) groups excluding carboxylic acids is 8. The third-order valence-corrected chi connectivity index (χ3v) is 12.7. The van der Waals surface area contributed by atoms with E-state index in [2.05, 4.69) is 0 Å². The van der Waals surface area contributed by atoms with E-state index < -0.39 is 157 Å². The summed E-state index contributed by atoms with van der Waals surface area (Å²) in [5, 5.41) is 8.59. The van der Waals surface area contributed by atoms with Crippen molar-refractivity contribution in [3.63, 3.8) is 0 Å². The first kappa shape index (κ1) is 61.4. The molecule has 1 N–H and O–H groups in total. The molecule has 26 heteroatoms. The van der Waals surface area contributed by atoms with E-state index in [1.54, 1.807) is 60.7 Å². The second-order valence-corrected chi connectivity index (χ2v) is 20.4. The van der Waals surface area contributed by atoms with Crippen LogP contribution >= 0.6 is 34.8 Å². The van der Waals surface area contributed by atoms with Crippen LogP contribution < -0.4 is 0 Å². The molecule has 23 nitrogen and oxygen atoms in total. The minimum absolute atomic E-state index is 0.0202. The molecule has 0 aromatic heterocycles. The van der Waals surface area contributed by atoms with Gasteiger partial charge in [0, 0.05) is 27.7 Å². The molecule has 432 valence electrons. The largest absolute Gasteiger partial charge is 0.463 e. The molecular formula is C55H54Cl3NO22. The normalized spacial score (nSPS) is 27.0. The summed E-state index contributed by atoms with van der Waals surface area (Å²) < 4.78 is 82.1. The fraction of sp³-hybridized carbons (Fsp3) is 0.400. The van der Waals surface area contributed by atoms with Gasteiger partial charge in [0.1, 0.15) is 37.6 Å². The Morgan fingerprint density at radius 2 is 0.753 bits per heavy atom. The van der Waals surface area contributed by atoms with Crippen LogP contribution in [0.1, 0.15) is 76.1 Å². The van der Waals surface area contributed by atoms with Gasteiger partial charge in [-0.15, -0.1) is 0 Å². The van der Waals surface area contributed by atoms with Gasteiger partial charge in [-0.05, 0) is 55.5 Å². The number of rotatable bonds is 19. The molecular weight excluding hydrogens is 1130 g/mol. The van der Waals surface area contributed by atoms with E-state index >= 15 is 0 Å². The predicted octanol–water partition coefficient (Wildman–Crippen LogP) is 6.21. The standard InChI is InChI=1S/C55H54Cl3NO22/c1-28-39(79-52-44(77-49(66)35-22-14-8-15-23-35)41(76-48(65)34-20-12-7-13-21-34)38(75-52)27-69-47(64)33-18-10-6-11-19-33)42(46(51(70-28)81-54(59)55(56,57)58)78-50(67)36-24-16-9-17-25-36)80-53-45(73-32(5)63)43(72-31(4)62)40(71-30(3)61)37(74-53)26-68-29(2)60/h6-25,28,37-46,51-53,59H,26-27H2,1-5H3/t28-,37+,38-,39-,40+,41-,42+,43-,44+,45+,46+,51-,52-,53-/m0/s1. The molecule has 3 saturated heterocycles. The van der Waals surface area contributed by atoms with Crippen LogP contribution in [0.2, 0.25) is 0 Å². The summed E-state index contributed by atoms with van der Waals surface area (Å²) >= 11 is 18.3. The molecule has 14 atom stereocenters. The van der Waals surface area contributed by atoms with Crippen LogP contribution in [0.15, 0.2) is 121 Å². The van der Waals surface area contributed by atoms with Crippen molar-refractivity contribution < 1.29 is 105 Å². The van der Waals surface area contributed by atoms with Gasteiger partial charge in [-0.1, -0.05) is 108 Å². The lowest BCUT2D eigenvalue weighted by molar-refractivity contribution is -0.365. The average molecular weight is 1190 g/mol. The van der Waals surface area contributed by atoms with E-state index in [0.29, 0.717) is 0 Å². The van der Waals surface area contributed by atoms with E-state index in [-0.39, 0.29) is 22.3 Å². The van der Waals surface area contributed by atoms with Crippen molar-refractivity contribution in [1.29, 1.82) is 5.41 Å². The first-order chi connectivity index (χ1) is 38.6. The number of hydrogen-bond donors (Lipinski definition) is 1. The first-order valence-electron chi connectivity index (χ1n) is 24.8. The second kappa shape index (κ2) is 28.0. The molecule has 3 aliphatic rings. The molecule has 0 aliphatic carbocycles. The highest BCUT2D eigenvalue weighted by atomic mass is 35.6. The SMILES string of the molecule is CC(=O)OC[C@H]1O[C@@H](O[C@@H]2[C@@H](O[C@@H]3O[C@@H](COC(=O)c4ccccc4)[C@H](OC(=O)c4ccccc4)[C@H]3OC(=O)c3ccccc3)[C@H](C)O[C@@H](OC(=N)C(Cl)(Cl)Cl)[C@@H]2OC(=O)c2ccccc2)[C@H](OC(C)=O)[C@@H](OC(C)=O)[C@@H]1OC(C)=O. The number of alkyl halides is 3. The summed E-state index contributed by atoms with van der Waals surface area (Å²) in [6.45, 7) is 4.08. The summed E-state index contributed by atoms with van der Waals surface area (Å²) in [5.41, 5.74) is 0.154. The molecule has 3 fully saturated rings. The monoisotopic (exact) mass is 1190 g/mol. The van der Waals surface area contributed by atoms with Gasteiger partial charge >= 0.3 is 47.8 Å². The molecule has 3 heterocycles. The molecule has 0 spiro atoms. The van der Waals surface area contributed by atoms with Crippen molar-refractivity contribution >= 4 is 88.5 Å². The molecule has 0 amide bonds. The zero-order valence-electron chi connectivity index (χ0n) is 43.7. The molecule has 0 unspecified atom stereocenters. The summed E-state index contributed by atoms with van der Waals surface area (Å²) in [4.78, 5) is 107. The number of hydrogen-bond acceptors (Lipinski definition) is 23. The lowest BCUT2D eigenvalue weighted by Crippen LogP contribution is -2.67. The first-order valence-corrected chi connectivity index (χ1v) is 26.0. The number of ether oxygens (including phenoxy) is 14. The van der Waals surface area contributed by atoms with Gasteiger partial charge in [0.2, 0.25) is 12.2 Å². The van der Waals surface area contributed by atoms with Crippen molar-refractivity contribution in [1.82, 2.24) is 0 Å². The Hall–Kier alpha value is -7.22. The predicted molar refractivity (Wildman–Crippen MR) is 277 cm³/mol. The summed E-state index contributed by atoms with van der Waals surface area (Å²) in [7, 11) is 0. The van der Waals surface area contributed by atoms with Gasteiger partial charge in [-0.2, -0.15) is 0 Å². The van der Waals surface area contributed by atoms with Gasteiger partial charge in [-0.3, -0.25) is 24.6 Å². The van der Waals surface area contributed by atoms with Gasteiger partial charge in [0.25, 0.3) is 3.79 Å². The fourth-order valence-corrected chi connectivity index (χ4v) is 8.78. The smallest absolute Gasteiger partial charge is 0.338 e. The maximum atomic E-state index is 14.3. The molecule has 0 bridgehead atoms. The van der Waals surface area contributed by atoms with E-state index in [4.69, 9.17) is 107 Å². The van der Waals surface area contributed by atoms with Crippen LogP contribution in [-0.4, -0.2) is 157 Å². The Balaban J connectivity index is 1.38. The van der Waals surface area contributed by atoms with Gasteiger partial charge in [0.05, 0.1) is 28.4 Å². The molecule has 4 aromatic carbocycles. The van der Waals surface area contributed by atoms with E-state index in [1.165, 1.54) is 67.6 Å². The van der Waals surface area contributed by atoms with Gasteiger partial charge in [0.15, 0.2) is 49.2 Å². The van der Waals surface area contributed by atoms with E-state index in [0.717, 1.165) is 27.7 Å². The van der Waals surface area contributed by atoms with Crippen LogP contribution in [0.5, 0.6) is 0 Å². The Labute approximate surface area is 477 Å². The van der Waals surface area contributed by atoms with Crippen LogP contribution in [0.4, 0.5) is 0 Å². The highest BCUT2D eigenvalue weighted by molar-refractivity contribution is 6.76. The average Bonchev–Trinajstić information content (AvgIpc) is 3.84. The second-order valence-electron chi connectivity index (χ2n) is 18.1. The van der Waals surface area contributed by atoms with Crippen molar-refractivity contribution in [2.45, 2.75) is 124 Å². The third kappa shape index (κ3) is 16.5. The van der Waals surface area contributed by atoms with Crippen LogP contribution in [-0.2, 0) is 85.5 Å². The maximum Gasteiger partial charge on any atom is 0.338 e. The number of halogens is 3. The number of benzene rings is 4. The van der Waals surface area contributed by atoms with Crippen molar-refractivity contribution in [3.05, 3.63) is 144 Å². The summed E-state index contributed by atoms with van der Waals surface area (Å²) in [5.74, 6) is -8.66. The Morgan fingerprint density at radius 1 is 0.407 bits per heavy atom. The van der Waals surface area contributed by atoms with E-state index in [1.807, 2.05) is 0 Å². The number of nitrogens with one attached hydrogen (secondary N) is 1. The van der Waals surface area contributed by atoms with Crippen molar-refractivity contribution in [3.8, 4) is 0 Å². The minimum atomic E-state index is -2.57. The summed E-state index contributed by atoms with van der Waals surface area (Å²) in [6, 6.07) is 30.6. The van der Waals surface area contributed by atoms with Gasteiger partial charge in [-0.25, -0.2) is 19.2 Å². The lowest BCUT2D eigenvalue weighted by Gasteiger charge is -2.49. The third-order valence-electron chi connectivity index (χ3n) is 12.2. The molecule has 0 radical (unpaired) electrons. The lowest BCUT2D eigenvalue weighted by atomic mass is 9.96. The molecule has 0 saturated carbocycles. The molecule has 7 rings (SSSR count). The highest BCUT2D eigenvalue weighted by Crippen LogP contribution is 2.40. The quantitative estimate of drug-likeness (QED) is 0.0359. The molecule has 4 aromatic rings. The number of esters is 8. The topological polar surface area (TPSA) is 290 Å². The number of carbonyl (C=O) groups is 8. The zero-order chi connectivity index (χ0) is 58.5. The van der Waals surface area contributed by atoms with Crippen LogP contribution in [0, 0.1) is 5.41 Å². The Bertz CT molecular complexity index is 2860. The molecule has 81 heavy (non-hydrogen) atoms. The summed E-state index contributed by atoms with van der Waals surface area (Å²) in [6.07, 6.45) is -25.1. The van der Waals surface area contributed by atoms with Gasteiger partial charge < -0.3 is 66.3 Å². The van der Waals surface area contributed by atoms with Crippen LogP contribution in [0.3, 0.4) is 0 Å². The maximum absolute atomic E-state index is 14.3. The Kier molecular flexibility index (Phi) is 21.2.